The fourth-order valence-corrected chi connectivity index (χ4v) is 6.60. The van der Waals surface area contributed by atoms with E-state index < -0.39 is 5.41 Å². The third kappa shape index (κ3) is 7.24. The highest BCUT2D eigenvalue weighted by Crippen LogP contribution is 2.46. The molecule has 3 aromatic rings. The average molecular weight is 612 g/mol. The van der Waals surface area contributed by atoms with Gasteiger partial charge in [-0.3, -0.25) is 14.7 Å². The summed E-state index contributed by atoms with van der Waals surface area (Å²) in [6.07, 6.45) is 7.97. The number of nitrogen functional groups attached to an aromatic ring is 1. The molecule has 45 heavy (non-hydrogen) atoms. The van der Waals surface area contributed by atoms with E-state index in [1.54, 1.807) is 5.01 Å². The third-order valence-electron chi connectivity index (χ3n) is 9.11. The number of ether oxygens (including phenoxy) is 2. The number of carbonyl (C=O) groups is 1. The van der Waals surface area contributed by atoms with Crippen molar-refractivity contribution in [2.45, 2.75) is 54.0 Å². The maximum absolute atomic E-state index is 13.3. The summed E-state index contributed by atoms with van der Waals surface area (Å²) in [4.78, 5) is 20.3. The topological polar surface area (TPSA) is 107 Å². The van der Waals surface area contributed by atoms with Crippen LogP contribution in [-0.4, -0.2) is 49.2 Å². The molecule has 0 saturated carbocycles. The van der Waals surface area contributed by atoms with Crippen LogP contribution in [0, 0.1) is 18.3 Å². The molecule has 0 spiro atoms. The lowest BCUT2D eigenvalue weighted by atomic mass is 9.67. The predicted molar refractivity (Wildman–Crippen MR) is 185 cm³/mol. The molecule has 0 saturated heterocycles. The van der Waals surface area contributed by atoms with Crippen molar-refractivity contribution in [3.63, 3.8) is 0 Å². The molecule has 0 aliphatic carbocycles. The second-order valence-electron chi connectivity index (χ2n) is 12.5. The molecule has 1 aliphatic rings. The largest absolute Gasteiger partial charge is 0.492 e. The highest BCUT2D eigenvalue weighted by molar-refractivity contribution is 5.81. The zero-order valence-electron chi connectivity index (χ0n) is 27.9. The molecule has 2 unspecified atom stereocenters. The van der Waals surface area contributed by atoms with E-state index in [4.69, 9.17) is 21.1 Å². The molecule has 8 nitrogen and oxygen atoms in total. The molecule has 1 aromatic heterocycles. The Balaban J connectivity index is 1.75. The lowest BCUT2D eigenvalue weighted by Crippen LogP contribution is -2.37. The molecule has 4 N–H and O–H groups in total. The Morgan fingerprint density at radius 1 is 1.29 bits per heavy atom. The van der Waals surface area contributed by atoms with Crippen LogP contribution >= 0.6 is 0 Å². The number of hydrogen-bond acceptors (Lipinski definition) is 8. The molecule has 0 bridgehead atoms. The molecule has 0 amide bonds. The fraction of sp³-hybridized carbons (Fsp3) is 0.405. The van der Waals surface area contributed by atoms with Crippen molar-refractivity contribution >= 4 is 28.2 Å². The average Bonchev–Trinajstić information content (AvgIpc) is 3.21. The number of pyridine rings is 1. The summed E-state index contributed by atoms with van der Waals surface area (Å²) in [5, 5.41) is 2.71. The van der Waals surface area contributed by atoms with E-state index in [0.29, 0.717) is 25.4 Å². The number of rotatable bonds is 11. The van der Waals surface area contributed by atoms with Crippen LogP contribution < -0.4 is 21.3 Å². The van der Waals surface area contributed by atoms with Gasteiger partial charge in [-0.15, -0.1) is 0 Å². The molecular weight excluding hydrogens is 562 g/mol. The summed E-state index contributed by atoms with van der Waals surface area (Å²) >= 11 is 0. The number of hydrogen-bond donors (Lipinski definition) is 2. The predicted octanol–water partition coefficient (Wildman–Crippen LogP) is 6.70. The number of hydrazine groups is 1. The quantitative estimate of drug-likeness (QED) is 0.0811. The molecule has 0 fully saturated rings. The number of carbonyl (C=O) groups excluding carboxylic acids is 1. The van der Waals surface area contributed by atoms with Crippen molar-refractivity contribution in [1.29, 1.82) is 0 Å². The van der Waals surface area contributed by atoms with E-state index in [9.17, 15) is 4.79 Å². The van der Waals surface area contributed by atoms with E-state index in [2.05, 4.69) is 60.7 Å². The maximum Gasteiger partial charge on any atom is 0.311 e. The summed E-state index contributed by atoms with van der Waals surface area (Å²) in [6, 6.07) is 12.2. The van der Waals surface area contributed by atoms with E-state index in [1.165, 1.54) is 7.11 Å². The van der Waals surface area contributed by atoms with Gasteiger partial charge in [-0.05, 0) is 87.1 Å². The van der Waals surface area contributed by atoms with Crippen molar-refractivity contribution in [1.82, 2.24) is 9.88 Å². The van der Waals surface area contributed by atoms with Crippen LogP contribution in [0.5, 0.6) is 5.75 Å². The fourth-order valence-electron chi connectivity index (χ4n) is 6.60. The van der Waals surface area contributed by atoms with Gasteiger partial charge in [-0.2, -0.15) is 0 Å². The van der Waals surface area contributed by atoms with Crippen molar-refractivity contribution in [2.24, 2.45) is 17.2 Å². The monoisotopic (exact) mass is 611 g/mol. The first-order valence-electron chi connectivity index (χ1n) is 15.7. The Morgan fingerprint density at radius 2 is 2.04 bits per heavy atom. The van der Waals surface area contributed by atoms with E-state index >= 15 is 0 Å². The number of nitrogens with zero attached hydrogens (tertiary/aromatic N) is 3. The van der Waals surface area contributed by atoms with E-state index in [0.717, 1.165) is 63.3 Å². The molecule has 2 atom stereocenters. The molecule has 1 aliphatic heterocycles. The molecule has 240 valence electrons. The van der Waals surface area contributed by atoms with Crippen LogP contribution in [0.2, 0.25) is 0 Å². The molecule has 0 radical (unpaired) electrons. The molecule has 2 heterocycles. The van der Waals surface area contributed by atoms with Gasteiger partial charge in [0.05, 0.1) is 29.4 Å². The lowest BCUT2D eigenvalue weighted by Gasteiger charge is -2.37. The number of aromatic nitrogens is 1. The number of anilines is 2. The van der Waals surface area contributed by atoms with Crippen LogP contribution in [0.3, 0.4) is 0 Å². The molecule has 2 aromatic carbocycles. The van der Waals surface area contributed by atoms with Crippen molar-refractivity contribution in [3.8, 4) is 5.75 Å². The van der Waals surface area contributed by atoms with Gasteiger partial charge in [-0.1, -0.05) is 43.9 Å². The lowest BCUT2D eigenvalue weighted by molar-refractivity contribution is -0.152. The Kier molecular flexibility index (Phi) is 10.7. The Bertz CT molecular complexity index is 1610. The van der Waals surface area contributed by atoms with Crippen molar-refractivity contribution in [2.75, 3.05) is 44.1 Å². The zero-order chi connectivity index (χ0) is 32.9. The molecule has 4 rings (SSSR count). The van der Waals surface area contributed by atoms with Crippen LogP contribution in [0.4, 0.5) is 11.4 Å². The van der Waals surface area contributed by atoms with Gasteiger partial charge in [0, 0.05) is 49.2 Å². The van der Waals surface area contributed by atoms with Gasteiger partial charge in [0.15, 0.2) is 0 Å². The maximum atomic E-state index is 13.3. The smallest absolute Gasteiger partial charge is 0.311 e. The summed E-state index contributed by atoms with van der Waals surface area (Å²) in [5.41, 5.74) is 13.5. The van der Waals surface area contributed by atoms with Crippen molar-refractivity contribution in [3.05, 3.63) is 95.2 Å². The Hall–Kier alpha value is -4.14. The highest BCUT2D eigenvalue weighted by Gasteiger charge is 2.42. The summed E-state index contributed by atoms with van der Waals surface area (Å²) in [5.74, 6) is 6.57. The first-order valence-corrected chi connectivity index (χ1v) is 15.7. The first-order chi connectivity index (χ1) is 21.4. The van der Waals surface area contributed by atoms with Gasteiger partial charge < -0.3 is 20.2 Å². The van der Waals surface area contributed by atoms with Gasteiger partial charge >= 0.3 is 5.97 Å². The highest BCUT2D eigenvalue weighted by atomic mass is 16.5. The van der Waals surface area contributed by atoms with Gasteiger partial charge in [-0.25, -0.2) is 5.84 Å². The first kappa shape index (κ1) is 33.7. The summed E-state index contributed by atoms with van der Waals surface area (Å²) < 4.78 is 11.5. The van der Waals surface area contributed by atoms with Crippen LogP contribution in [-0.2, 0) is 16.1 Å². The number of esters is 1. The van der Waals surface area contributed by atoms with Crippen LogP contribution in [0.15, 0.2) is 78.5 Å². The summed E-state index contributed by atoms with van der Waals surface area (Å²) in [6.45, 7) is 19.5. The Morgan fingerprint density at radius 3 is 2.73 bits per heavy atom. The van der Waals surface area contributed by atoms with Gasteiger partial charge in [0.1, 0.15) is 12.4 Å². The van der Waals surface area contributed by atoms with Crippen LogP contribution in [0.1, 0.15) is 57.2 Å². The number of methoxy groups -OCH3 is 1. The number of allylic oxidation sites excluding steroid dienone is 3. The second-order valence-corrected chi connectivity index (χ2v) is 12.5. The Labute approximate surface area is 268 Å². The van der Waals surface area contributed by atoms with Crippen LogP contribution in [0.25, 0.3) is 10.9 Å². The second kappa shape index (κ2) is 14.3. The van der Waals surface area contributed by atoms with E-state index in [1.807, 2.05) is 58.2 Å². The van der Waals surface area contributed by atoms with Gasteiger partial charge in [0.25, 0.3) is 0 Å². The number of fused-ring (bicyclic) bond motifs is 2. The normalized spacial score (nSPS) is 15.9. The zero-order valence-corrected chi connectivity index (χ0v) is 27.9. The minimum absolute atomic E-state index is 0.0602. The van der Waals surface area contributed by atoms with Gasteiger partial charge in [0.2, 0.25) is 0 Å². The molecule has 8 heteroatoms. The number of nitrogens with two attached hydrogens (primary N) is 2. The standard InChI is InChI=1S/C37H49N5O3/c1-9-12-24(3)28(22-41-17-18-45-33-21-27-13-11-16-40-31(27)20-29(33)23-41)19-25(4)34(37(6,7)36(43)44-8)30-14-15-32(42(39)10-2)35(38)26(30)5/h9,11-16,19-21,25,34H,1,10,17-18,22-23,38-39H2,2-8H3/b24-12-,28-19-. The number of benzene rings is 2. The third-order valence-corrected chi connectivity index (χ3v) is 9.11. The minimum Gasteiger partial charge on any atom is -0.492 e. The SMILES string of the molecule is C=C/C=C(C)\C(=C/C(C)C(c1ccc(N(N)CC)c(N)c1C)C(C)(C)C(=O)OC)CN1CCOc2cc3cccnc3cc2C1. The van der Waals surface area contributed by atoms with Crippen molar-refractivity contribution < 1.29 is 14.3 Å². The summed E-state index contributed by atoms with van der Waals surface area (Å²) in [7, 11) is 1.44. The molecular formula is C37H49N5O3. The van der Waals surface area contributed by atoms with E-state index in [-0.39, 0.29) is 17.8 Å². The minimum atomic E-state index is -0.846.